The van der Waals surface area contributed by atoms with Gasteiger partial charge in [0.2, 0.25) is 0 Å². The van der Waals surface area contributed by atoms with Gasteiger partial charge in [-0.25, -0.2) is 0 Å². The van der Waals surface area contributed by atoms with Gasteiger partial charge in [-0.3, -0.25) is 19.3 Å². The second kappa shape index (κ2) is 18.4. The number of phenolic OH excluding ortho intramolecular Hbond substituents is 1. The van der Waals surface area contributed by atoms with Crippen molar-refractivity contribution >= 4 is 11.9 Å². The van der Waals surface area contributed by atoms with E-state index in [9.17, 15) is 24.9 Å². The van der Waals surface area contributed by atoms with E-state index in [0.717, 1.165) is 57.8 Å². The van der Waals surface area contributed by atoms with Crippen LogP contribution in [0.4, 0.5) is 0 Å². The van der Waals surface area contributed by atoms with Crippen molar-refractivity contribution in [2.24, 2.45) is 23.2 Å². The molecule has 2 saturated carbocycles. The molecule has 0 radical (unpaired) electrons. The van der Waals surface area contributed by atoms with Crippen molar-refractivity contribution in [3.8, 4) is 5.75 Å². The summed E-state index contributed by atoms with van der Waals surface area (Å²) in [6.45, 7) is 30.8. The molecule has 3 N–H and O–H groups in total. The second-order valence-electron chi connectivity index (χ2n) is 24.9. The van der Waals surface area contributed by atoms with Crippen LogP contribution in [0.2, 0.25) is 0 Å². The molecular weight excluding hydrogens is 765 g/mol. The number of piperidine rings is 2. The summed E-state index contributed by atoms with van der Waals surface area (Å²) in [6, 6.07) is 3.68. The van der Waals surface area contributed by atoms with E-state index in [2.05, 4.69) is 65.5 Å². The van der Waals surface area contributed by atoms with Crippen molar-refractivity contribution in [3.05, 3.63) is 28.8 Å². The lowest BCUT2D eigenvalue weighted by atomic mass is 9.60. The maximum Gasteiger partial charge on any atom is 0.321 e. The third-order valence-electron chi connectivity index (χ3n) is 15.3. The molecule has 9 nitrogen and oxygen atoms in total. The molecule has 348 valence electrons. The summed E-state index contributed by atoms with van der Waals surface area (Å²) in [5.41, 5.74) is -1.74. The molecule has 0 aromatic heterocycles. The number of aromatic hydroxyl groups is 1. The molecule has 0 amide bonds. The summed E-state index contributed by atoms with van der Waals surface area (Å²) in [5, 5.41) is 38.1. The van der Waals surface area contributed by atoms with Gasteiger partial charge in [-0.1, -0.05) is 98.6 Å². The quantitative estimate of drug-likeness (QED) is 0.157. The van der Waals surface area contributed by atoms with Gasteiger partial charge in [0.05, 0.1) is 12.2 Å². The van der Waals surface area contributed by atoms with Crippen molar-refractivity contribution < 1.29 is 34.6 Å². The second-order valence-corrected chi connectivity index (χ2v) is 24.9. The van der Waals surface area contributed by atoms with Crippen LogP contribution in [0.25, 0.3) is 0 Å². The maximum absolute atomic E-state index is 13.4. The molecule has 0 unspecified atom stereocenters. The van der Waals surface area contributed by atoms with Crippen LogP contribution < -0.4 is 0 Å². The van der Waals surface area contributed by atoms with E-state index in [1.54, 1.807) is 0 Å². The van der Waals surface area contributed by atoms with Crippen LogP contribution in [0.15, 0.2) is 12.1 Å². The van der Waals surface area contributed by atoms with Gasteiger partial charge in [0.1, 0.15) is 5.75 Å². The highest BCUT2D eigenvalue weighted by Crippen LogP contribution is 2.54. The Morgan fingerprint density at radius 2 is 0.984 bits per heavy atom. The molecule has 5 rings (SSSR count). The van der Waals surface area contributed by atoms with Crippen molar-refractivity contribution in [2.45, 2.75) is 258 Å². The molecule has 1 aromatic carbocycles. The summed E-state index contributed by atoms with van der Waals surface area (Å²) in [4.78, 5) is 40.8. The lowest BCUT2D eigenvalue weighted by molar-refractivity contribution is -0.324. The zero-order chi connectivity index (χ0) is 45.6. The minimum absolute atomic E-state index is 0.0254. The van der Waals surface area contributed by atoms with Crippen LogP contribution in [0, 0.1) is 23.2 Å². The third kappa shape index (κ3) is 11.4. The first-order valence-corrected chi connectivity index (χ1v) is 24.3. The number of aliphatic carboxylic acids is 2. The van der Waals surface area contributed by atoms with Crippen LogP contribution in [0.5, 0.6) is 5.75 Å². The normalized spacial score (nSPS) is 24.0. The maximum atomic E-state index is 13.4. The van der Waals surface area contributed by atoms with Gasteiger partial charge in [0.15, 0.2) is 5.41 Å². The Bertz CT molecular complexity index is 1530. The number of phenols is 1. The van der Waals surface area contributed by atoms with E-state index in [-0.39, 0.29) is 58.9 Å². The van der Waals surface area contributed by atoms with E-state index in [1.165, 1.54) is 38.5 Å². The Morgan fingerprint density at radius 3 is 1.30 bits per heavy atom. The van der Waals surface area contributed by atoms with Crippen molar-refractivity contribution in [1.29, 1.82) is 0 Å². The SMILES string of the molecule is CC(C)(C)c1cc(CC(CCCC(C2CC(C)(C)N(OC3CCCCC3)C(C)(C)C2)C2CC(C)(C)N(OC3CCCCC3)C(C)(C)C2)(C(=O)O)C(=O)O)cc(C(C)(C)C)c1O. The van der Waals surface area contributed by atoms with Gasteiger partial charge >= 0.3 is 11.9 Å². The van der Waals surface area contributed by atoms with E-state index < -0.39 is 28.2 Å². The third-order valence-corrected chi connectivity index (χ3v) is 15.3. The Labute approximate surface area is 371 Å². The average Bonchev–Trinajstić information content (AvgIpc) is 3.12. The number of carboxylic acid groups (broad SMARTS) is 2. The number of hydroxylamine groups is 4. The van der Waals surface area contributed by atoms with Crippen LogP contribution in [-0.4, -0.2) is 71.7 Å². The zero-order valence-electron chi connectivity index (χ0n) is 41.1. The minimum Gasteiger partial charge on any atom is -0.507 e. The highest BCUT2D eigenvalue weighted by atomic mass is 16.7. The monoisotopic (exact) mass is 853 g/mol. The number of hydrogen-bond acceptors (Lipinski definition) is 7. The first-order chi connectivity index (χ1) is 28.0. The number of carbonyl (C=O) groups is 2. The Balaban J connectivity index is 1.48. The molecule has 4 fully saturated rings. The lowest BCUT2D eigenvalue weighted by Crippen LogP contribution is -2.64. The molecule has 2 aliphatic carbocycles. The van der Waals surface area contributed by atoms with E-state index >= 15 is 0 Å². The molecule has 0 bridgehead atoms. The van der Waals surface area contributed by atoms with Gasteiger partial charge in [-0.2, -0.15) is 10.1 Å². The first kappa shape index (κ1) is 49.8. The zero-order valence-corrected chi connectivity index (χ0v) is 41.1. The van der Waals surface area contributed by atoms with Crippen molar-refractivity contribution in [3.63, 3.8) is 0 Å². The van der Waals surface area contributed by atoms with Crippen LogP contribution in [0.1, 0.15) is 223 Å². The average molecular weight is 853 g/mol. The van der Waals surface area contributed by atoms with Crippen molar-refractivity contribution in [2.75, 3.05) is 0 Å². The highest BCUT2D eigenvalue weighted by molar-refractivity contribution is 5.98. The molecule has 2 aliphatic heterocycles. The highest BCUT2D eigenvalue weighted by Gasteiger charge is 2.55. The molecular formula is C52H88N2O7. The predicted octanol–water partition coefficient (Wildman–Crippen LogP) is 12.5. The molecule has 1 aromatic rings. The molecule has 0 atom stereocenters. The number of rotatable bonds is 14. The van der Waals surface area contributed by atoms with E-state index in [1.807, 2.05) is 53.7 Å². The standard InChI is InChI=1S/C52H88N2O7/c1-46(2,3)41-28-35(29-42(43(41)55)47(4,5)6)30-52(44(56)57,45(58)59)27-21-26-40(36-31-48(7,8)53(49(9,10)32-36)60-38-22-17-15-18-23-38)37-33-50(11,12)54(51(13,14)34-37)61-39-24-19-16-20-25-39/h28-29,36-40,55H,15-27,30-34H2,1-14H3,(H,56,57)(H,58,59). The van der Waals surface area contributed by atoms with E-state index in [0.29, 0.717) is 34.9 Å². The van der Waals surface area contributed by atoms with E-state index in [4.69, 9.17) is 9.68 Å². The fraction of sp³-hybridized carbons (Fsp3) is 0.846. The fourth-order valence-electron chi connectivity index (χ4n) is 12.8. The topological polar surface area (TPSA) is 120 Å². The molecule has 61 heavy (non-hydrogen) atoms. The van der Waals surface area contributed by atoms with Gasteiger partial charge in [0.25, 0.3) is 0 Å². The largest absolute Gasteiger partial charge is 0.507 e. The first-order valence-electron chi connectivity index (χ1n) is 24.3. The molecule has 0 spiro atoms. The Hall–Kier alpha value is -2.20. The van der Waals surface area contributed by atoms with Gasteiger partial charge in [0, 0.05) is 22.2 Å². The van der Waals surface area contributed by atoms with Gasteiger partial charge in [-0.05, 0) is 171 Å². The number of carboxylic acids is 2. The smallest absolute Gasteiger partial charge is 0.321 e. The number of hydrogen-bond donors (Lipinski definition) is 3. The van der Waals surface area contributed by atoms with Crippen LogP contribution in [0.3, 0.4) is 0 Å². The fourth-order valence-corrected chi connectivity index (χ4v) is 12.8. The number of nitrogens with zero attached hydrogens (tertiary/aromatic N) is 2. The Kier molecular flexibility index (Phi) is 15.0. The van der Waals surface area contributed by atoms with Crippen LogP contribution in [-0.2, 0) is 36.5 Å². The molecule has 2 heterocycles. The lowest BCUT2D eigenvalue weighted by Gasteiger charge is -2.59. The van der Waals surface area contributed by atoms with Crippen molar-refractivity contribution in [1.82, 2.24) is 10.1 Å². The Morgan fingerprint density at radius 1 is 0.639 bits per heavy atom. The summed E-state index contributed by atoms with van der Waals surface area (Å²) in [5.74, 6) is -1.48. The summed E-state index contributed by atoms with van der Waals surface area (Å²) >= 11 is 0. The van der Waals surface area contributed by atoms with Gasteiger partial charge < -0.3 is 15.3 Å². The molecule has 9 heteroatoms. The molecule has 4 aliphatic rings. The van der Waals surface area contributed by atoms with Gasteiger partial charge in [-0.15, -0.1) is 0 Å². The summed E-state index contributed by atoms with van der Waals surface area (Å²) in [7, 11) is 0. The summed E-state index contributed by atoms with van der Waals surface area (Å²) < 4.78 is 0. The minimum atomic E-state index is -2.02. The van der Waals surface area contributed by atoms with Crippen LogP contribution >= 0.6 is 0 Å². The molecule has 2 saturated heterocycles. The summed E-state index contributed by atoms with van der Waals surface area (Å²) in [6.07, 6.45) is 17.3. The number of benzene rings is 1. The predicted molar refractivity (Wildman–Crippen MR) is 246 cm³/mol.